The number of nitrogens with zero attached hydrogens (tertiary/aromatic N) is 2. The third-order valence-corrected chi connectivity index (χ3v) is 3.82. The summed E-state index contributed by atoms with van der Waals surface area (Å²) >= 11 is 0. The average molecular weight is 284 g/mol. The number of hydrogen-bond donors (Lipinski definition) is 0. The molecule has 3 rings (SSSR count). The van der Waals surface area contributed by atoms with Crippen LogP contribution in [0, 0.1) is 23.0 Å². The Bertz CT molecular complexity index is 696. The molecule has 1 heterocycles. The maximum Gasteiger partial charge on any atom is 0.150 e. The summed E-state index contributed by atoms with van der Waals surface area (Å²) < 4.78 is 28.3. The smallest absolute Gasteiger partial charge is 0.150 e. The molecule has 4 heteroatoms. The topological polar surface area (TPSA) is 27.0 Å². The molecule has 0 aliphatic carbocycles. The molecule has 0 N–H and O–H groups in total. The molecule has 1 aliphatic rings. The van der Waals surface area contributed by atoms with Crippen molar-refractivity contribution in [3.8, 4) is 6.07 Å². The third kappa shape index (κ3) is 2.59. The highest BCUT2D eigenvalue weighted by Crippen LogP contribution is 2.29. The molecular formula is C17H14F2N2. The van der Waals surface area contributed by atoms with Gasteiger partial charge < -0.3 is 4.90 Å². The van der Waals surface area contributed by atoms with Crippen LogP contribution >= 0.6 is 0 Å². The number of nitriles is 1. The van der Waals surface area contributed by atoms with E-state index in [-0.39, 0.29) is 11.3 Å². The van der Waals surface area contributed by atoms with Crippen LogP contribution in [-0.2, 0) is 13.0 Å². The zero-order chi connectivity index (χ0) is 14.8. The molecule has 0 unspecified atom stereocenters. The molecule has 0 fully saturated rings. The van der Waals surface area contributed by atoms with Crippen LogP contribution in [0.3, 0.4) is 0 Å². The number of benzene rings is 2. The van der Waals surface area contributed by atoms with Crippen molar-refractivity contribution in [2.24, 2.45) is 0 Å². The van der Waals surface area contributed by atoms with E-state index in [4.69, 9.17) is 5.26 Å². The quantitative estimate of drug-likeness (QED) is 0.796. The first-order valence-corrected chi connectivity index (χ1v) is 6.90. The number of hydrogen-bond acceptors (Lipinski definition) is 2. The van der Waals surface area contributed by atoms with Gasteiger partial charge in [0.2, 0.25) is 0 Å². The molecule has 0 saturated carbocycles. The van der Waals surface area contributed by atoms with Crippen LogP contribution in [0.1, 0.15) is 23.1 Å². The van der Waals surface area contributed by atoms with Gasteiger partial charge in [0.25, 0.3) is 0 Å². The van der Waals surface area contributed by atoms with E-state index >= 15 is 0 Å². The second-order valence-electron chi connectivity index (χ2n) is 5.19. The van der Waals surface area contributed by atoms with Crippen LogP contribution in [0.25, 0.3) is 0 Å². The van der Waals surface area contributed by atoms with E-state index in [1.165, 1.54) is 5.56 Å². The minimum absolute atomic E-state index is 0.00368. The highest BCUT2D eigenvalue weighted by molar-refractivity contribution is 5.53. The van der Waals surface area contributed by atoms with E-state index in [9.17, 15) is 8.78 Å². The molecule has 0 amide bonds. The normalized spacial score (nSPS) is 14.2. The van der Waals surface area contributed by atoms with Gasteiger partial charge in [-0.25, -0.2) is 8.78 Å². The second-order valence-corrected chi connectivity index (χ2v) is 5.19. The van der Waals surface area contributed by atoms with Gasteiger partial charge in [-0.1, -0.05) is 24.3 Å². The Morgan fingerprint density at radius 3 is 2.38 bits per heavy atom. The predicted octanol–water partition coefficient (Wildman–Crippen LogP) is 3.79. The van der Waals surface area contributed by atoms with Gasteiger partial charge in [0, 0.05) is 13.1 Å². The highest BCUT2D eigenvalue weighted by atomic mass is 19.1. The van der Waals surface area contributed by atoms with Crippen molar-refractivity contribution < 1.29 is 8.78 Å². The lowest BCUT2D eigenvalue weighted by Gasteiger charge is -2.24. The third-order valence-electron chi connectivity index (χ3n) is 3.82. The summed E-state index contributed by atoms with van der Waals surface area (Å²) in [5.74, 6) is -1.35. The molecule has 2 nitrogen and oxygen atoms in total. The summed E-state index contributed by atoms with van der Waals surface area (Å²) in [6.45, 7) is 1.07. The Balaban J connectivity index is 2.00. The predicted molar refractivity (Wildman–Crippen MR) is 76.9 cm³/mol. The molecule has 106 valence electrons. The fourth-order valence-electron chi connectivity index (χ4n) is 2.82. The molecule has 0 radical (unpaired) electrons. The molecule has 0 bridgehead atoms. The number of fused-ring (bicyclic) bond motifs is 1. The van der Waals surface area contributed by atoms with Gasteiger partial charge in [0.05, 0.1) is 11.6 Å². The van der Waals surface area contributed by atoms with Gasteiger partial charge in [-0.2, -0.15) is 5.26 Å². The van der Waals surface area contributed by atoms with Crippen molar-refractivity contribution >= 4 is 5.69 Å². The zero-order valence-corrected chi connectivity index (χ0v) is 11.4. The first kappa shape index (κ1) is 13.6. The van der Waals surface area contributed by atoms with Crippen LogP contribution < -0.4 is 4.90 Å². The number of anilines is 1. The Kier molecular flexibility index (Phi) is 3.57. The van der Waals surface area contributed by atoms with Crippen molar-refractivity contribution in [3.05, 3.63) is 64.7 Å². The standard InChI is InChI=1S/C17H14F2N2/c18-15-8-12(10-20)9-16(19)17(15)21-7-3-6-13-4-1-2-5-14(13)11-21/h1-2,4-5,8-9H,3,6-7,11H2. The molecule has 1 aliphatic heterocycles. The fraction of sp³-hybridized carbons (Fsp3) is 0.235. The maximum atomic E-state index is 14.2. The van der Waals surface area contributed by atoms with Gasteiger partial charge in [-0.3, -0.25) is 0 Å². The van der Waals surface area contributed by atoms with Crippen LogP contribution in [0.2, 0.25) is 0 Å². The maximum absolute atomic E-state index is 14.2. The summed E-state index contributed by atoms with van der Waals surface area (Å²) in [5.41, 5.74) is 2.29. The molecule has 2 aromatic carbocycles. The Labute approximate surface area is 122 Å². The fourth-order valence-corrected chi connectivity index (χ4v) is 2.82. The monoisotopic (exact) mass is 284 g/mol. The van der Waals surface area contributed by atoms with Crippen LogP contribution in [-0.4, -0.2) is 6.54 Å². The summed E-state index contributed by atoms with van der Waals surface area (Å²) in [5, 5.41) is 8.77. The Morgan fingerprint density at radius 1 is 1.05 bits per heavy atom. The number of aryl methyl sites for hydroxylation is 1. The minimum atomic E-state index is -0.675. The highest BCUT2D eigenvalue weighted by Gasteiger charge is 2.21. The molecule has 0 saturated heterocycles. The molecule has 0 spiro atoms. The molecule has 0 atom stereocenters. The van der Waals surface area contributed by atoms with Crippen molar-refractivity contribution in [1.82, 2.24) is 0 Å². The minimum Gasteiger partial charge on any atom is -0.362 e. The van der Waals surface area contributed by atoms with Crippen LogP contribution in [0.4, 0.5) is 14.5 Å². The van der Waals surface area contributed by atoms with E-state index < -0.39 is 11.6 Å². The van der Waals surface area contributed by atoms with E-state index in [2.05, 4.69) is 6.07 Å². The molecule has 21 heavy (non-hydrogen) atoms. The van der Waals surface area contributed by atoms with Gasteiger partial charge in [0.15, 0.2) is 11.6 Å². The first-order valence-electron chi connectivity index (χ1n) is 6.90. The van der Waals surface area contributed by atoms with Crippen LogP contribution in [0.5, 0.6) is 0 Å². The lowest BCUT2D eigenvalue weighted by molar-refractivity contribution is 0.568. The molecule has 2 aromatic rings. The van der Waals surface area contributed by atoms with Gasteiger partial charge >= 0.3 is 0 Å². The van der Waals surface area contributed by atoms with E-state index in [0.717, 1.165) is 30.5 Å². The molecule has 0 aromatic heterocycles. The average Bonchev–Trinajstić information content (AvgIpc) is 2.68. The Morgan fingerprint density at radius 2 is 1.71 bits per heavy atom. The van der Waals surface area contributed by atoms with E-state index in [0.29, 0.717) is 13.1 Å². The van der Waals surface area contributed by atoms with Gasteiger partial charge in [0.1, 0.15) is 5.69 Å². The lowest BCUT2D eigenvalue weighted by atomic mass is 10.0. The summed E-state index contributed by atoms with van der Waals surface area (Å²) in [6.07, 6.45) is 1.75. The largest absolute Gasteiger partial charge is 0.362 e. The SMILES string of the molecule is N#Cc1cc(F)c(N2CCCc3ccccc3C2)c(F)c1. The second kappa shape index (κ2) is 5.53. The molecular weight excluding hydrogens is 270 g/mol. The lowest BCUT2D eigenvalue weighted by Crippen LogP contribution is -2.24. The van der Waals surface area contributed by atoms with Gasteiger partial charge in [-0.05, 0) is 36.1 Å². The van der Waals surface area contributed by atoms with E-state index in [1.807, 2.05) is 18.2 Å². The van der Waals surface area contributed by atoms with Crippen LogP contribution in [0.15, 0.2) is 36.4 Å². The summed E-state index contributed by atoms with van der Waals surface area (Å²) in [7, 11) is 0. The summed E-state index contributed by atoms with van der Waals surface area (Å²) in [4.78, 5) is 1.72. The Hall–Kier alpha value is -2.41. The number of halogens is 2. The van der Waals surface area contributed by atoms with E-state index in [1.54, 1.807) is 11.0 Å². The van der Waals surface area contributed by atoms with Crippen molar-refractivity contribution in [2.75, 3.05) is 11.4 Å². The van der Waals surface area contributed by atoms with Gasteiger partial charge in [-0.15, -0.1) is 0 Å². The zero-order valence-electron chi connectivity index (χ0n) is 11.4. The first-order chi connectivity index (χ1) is 10.2. The summed E-state index contributed by atoms with van der Waals surface area (Å²) in [6, 6.07) is 11.9. The number of rotatable bonds is 1. The van der Waals surface area contributed by atoms with Crippen molar-refractivity contribution in [2.45, 2.75) is 19.4 Å². The van der Waals surface area contributed by atoms with Crippen molar-refractivity contribution in [1.29, 1.82) is 5.26 Å². The van der Waals surface area contributed by atoms with Crippen molar-refractivity contribution in [3.63, 3.8) is 0 Å².